The summed E-state index contributed by atoms with van der Waals surface area (Å²) in [4.78, 5) is 22.5. The van der Waals surface area contributed by atoms with Gasteiger partial charge in [-0.15, -0.1) is 0 Å². The first-order valence-electron chi connectivity index (χ1n) is 4.50. The van der Waals surface area contributed by atoms with E-state index < -0.39 is 16.3 Å². The summed E-state index contributed by atoms with van der Waals surface area (Å²) in [7, 11) is 1.63. The number of aryl methyl sites for hydroxylation is 1. The molecular formula is C11H7BrFNO2. The van der Waals surface area contributed by atoms with E-state index in [1.165, 1.54) is 22.9 Å². The number of fused-ring (bicyclic) bond motifs is 1. The molecule has 0 aliphatic rings. The average molecular weight is 284 g/mol. The second-order valence-electron chi connectivity index (χ2n) is 3.39. The lowest BCUT2D eigenvalue weighted by atomic mass is 10.1. The smallest absolute Gasteiger partial charge is 0.268 e. The highest BCUT2D eigenvalue weighted by molar-refractivity contribution is 9.19. The summed E-state index contributed by atoms with van der Waals surface area (Å²) in [5.41, 5.74) is 0.526. The maximum absolute atomic E-state index is 13.5. The maximum atomic E-state index is 13.5. The lowest BCUT2D eigenvalue weighted by Crippen LogP contribution is -2.05. The van der Waals surface area contributed by atoms with Gasteiger partial charge in [0.1, 0.15) is 5.82 Å². The molecular weight excluding hydrogens is 277 g/mol. The van der Waals surface area contributed by atoms with Crippen LogP contribution < -0.4 is 0 Å². The molecule has 0 unspecified atom stereocenters. The summed E-state index contributed by atoms with van der Waals surface area (Å²) in [6.07, 6.45) is 1.45. The predicted molar refractivity (Wildman–Crippen MR) is 61.1 cm³/mol. The molecule has 5 heteroatoms. The molecule has 2 rings (SSSR count). The SMILES string of the molecule is Cn1cc(C(=O)C(=O)Br)c2cccc(F)c21. The molecule has 82 valence electrons. The molecule has 2 aromatic rings. The lowest BCUT2D eigenvalue weighted by molar-refractivity contribution is -0.106. The van der Waals surface area contributed by atoms with Crippen molar-refractivity contribution in [3.8, 4) is 0 Å². The molecule has 1 aromatic carbocycles. The molecule has 1 aromatic heterocycles. The van der Waals surface area contributed by atoms with Gasteiger partial charge in [0, 0.05) is 34.6 Å². The summed E-state index contributed by atoms with van der Waals surface area (Å²) in [6, 6.07) is 4.43. The lowest BCUT2D eigenvalue weighted by Gasteiger charge is -1.96. The van der Waals surface area contributed by atoms with E-state index in [-0.39, 0.29) is 5.56 Å². The van der Waals surface area contributed by atoms with Crippen LogP contribution in [-0.2, 0) is 11.8 Å². The van der Waals surface area contributed by atoms with Gasteiger partial charge in [-0.3, -0.25) is 9.59 Å². The molecule has 0 aliphatic carbocycles. The molecule has 0 spiro atoms. The van der Waals surface area contributed by atoms with Crippen LogP contribution in [0, 0.1) is 5.82 Å². The molecule has 0 bridgehead atoms. The number of hydrogen-bond donors (Lipinski definition) is 0. The summed E-state index contributed by atoms with van der Waals surface area (Å²) in [5, 5.41) is 0.445. The Labute approximate surface area is 99.0 Å². The first-order valence-corrected chi connectivity index (χ1v) is 5.29. The summed E-state index contributed by atoms with van der Waals surface area (Å²) in [5.74, 6) is -1.09. The fourth-order valence-electron chi connectivity index (χ4n) is 1.71. The first-order chi connectivity index (χ1) is 7.52. The number of halogens is 2. The molecule has 3 nitrogen and oxygen atoms in total. The van der Waals surface area contributed by atoms with Gasteiger partial charge in [0.05, 0.1) is 11.1 Å². The molecule has 16 heavy (non-hydrogen) atoms. The third kappa shape index (κ3) is 1.57. The van der Waals surface area contributed by atoms with Crippen molar-refractivity contribution in [1.82, 2.24) is 4.57 Å². The van der Waals surface area contributed by atoms with Crippen LogP contribution in [0.3, 0.4) is 0 Å². The van der Waals surface area contributed by atoms with Gasteiger partial charge in [0.2, 0.25) is 5.78 Å². The van der Waals surface area contributed by atoms with E-state index in [0.29, 0.717) is 10.9 Å². The van der Waals surface area contributed by atoms with E-state index in [1.54, 1.807) is 13.1 Å². The van der Waals surface area contributed by atoms with E-state index in [9.17, 15) is 14.0 Å². The molecule has 0 amide bonds. The highest BCUT2D eigenvalue weighted by Gasteiger charge is 2.19. The van der Waals surface area contributed by atoms with Crippen LogP contribution in [0.15, 0.2) is 24.4 Å². The van der Waals surface area contributed by atoms with E-state index in [0.717, 1.165) is 0 Å². The molecule has 0 saturated carbocycles. The number of para-hydroxylation sites is 1. The Balaban J connectivity index is 2.79. The van der Waals surface area contributed by atoms with E-state index in [2.05, 4.69) is 15.9 Å². The zero-order valence-electron chi connectivity index (χ0n) is 8.33. The quantitative estimate of drug-likeness (QED) is 0.482. The average Bonchev–Trinajstić information content (AvgIpc) is 2.56. The van der Waals surface area contributed by atoms with Crippen molar-refractivity contribution in [1.29, 1.82) is 0 Å². The summed E-state index contributed by atoms with van der Waals surface area (Å²) < 4.78 is 14.3. The molecule has 1 heterocycles. The van der Waals surface area contributed by atoms with Crippen molar-refractivity contribution in [3.05, 3.63) is 35.8 Å². The zero-order chi connectivity index (χ0) is 11.9. The third-order valence-electron chi connectivity index (χ3n) is 2.38. The fraction of sp³-hybridized carbons (Fsp3) is 0.0909. The van der Waals surface area contributed by atoms with E-state index >= 15 is 0 Å². The molecule has 0 radical (unpaired) electrons. The second kappa shape index (κ2) is 3.83. The van der Waals surface area contributed by atoms with Crippen molar-refractivity contribution in [3.63, 3.8) is 0 Å². The minimum absolute atomic E-state index is 0.207. The van der Waals surface area contributed by atoms with Crippen LogP contribution in [0.5, 0.6) is 0 Å². The van der Waals surface area contributed by atoms with Gasteiger partial charge in [-0.2, -0.15) is 0 Å². The van der Waals surface area contributed by atoms with Crippen molar-refractivity contribution in [2.24, 2.45) is 7.05 Å². The Morgan fingerprint density at radius 1 is 1.38 bits per heavy atom. The van der Waals surface area contributed by atoms with Crippen molar-refractivity contribution < 1.29 is 14.0 Å². The first kappa shape index (κ1) is 11.0. The number of Topliss-reactive ketones (excluding diaryl/α,β-unsaturated/α-hetero) is 1. The highest BCUT2D eigenvalue weighted by atomic mass is 79.9. The number of rotatable bonds is 2. The summed E-state index contributed by atoms with van der Waals surface area (Å²) in [6.45, 7) is 0. The second-order valence-corrected chi connectivity index (χ2v) is 4.11. The molecule has 0 saturated heterocycles. The van der Waals surface area contributed by atoms with Gasteiger partial charge in [-0.05, 0) is 6.07 Å². The number of ketones is 1. The van der Waals surface area contributed by atoms with Crippen LogP contribution in [-0.4, -0.2) is 15.0 Å². The van der Waals surface area contributed by atoms with Gasteiger partial charge < -0.3 is 4.57 Å². The Morgan fingerprint density at radius 2 is 2.06 bits per heavy atom. The number of carbonyl (C=O) groups excluding carboxylic acids is 2. The number of hydrogen-bond acceptors (Lipinski definition) is 2. The Morgan fingerprint density at radius 3 is 2.69 bits per heavy atom. The Kier molecular flexibility index (Phi) is 2.63. The largest absolute Gasteiger partial charge is 0.347 e. The maximum Gasteiger partial charge on any atom is 0.268 e. The topological polar surface area (TPSA) is 39.1 Å². The zero-order valence-corrected chi connectivity index (χ0v) is 9.92. The normalized spacial score (nSPS) is 10.7. The van der Waals surface area contributed by atoms with E-state index in [1.807, 2.05) is 0 Å². The molecule has 0 N–H and O–H groups in total. The highest BCUT2D eigenvalue weighted by Crippen LogP contribution is 2.24. The number of carbonyl (C=O) groups is 2. The minimum atomic E-state index is -0.732. The van der Waals surface area contributed by atoms with Gasteiger partial charge in [0.15, 0.2) is 0 Å². The number of benzene rings is 1. The van der Waals surface area contributed by atoms with Crippen LogP contribution in [0.2, 0.25) is 0 Å². The molecule has 0 fully saturated rings. The summed E-state index contributed by atoms with van der Waals surface area (Å²) >= 11 is 2.60. The minimum Gasteiger partial charge on any atom is -0.347 e. The van der Waals surface area contributed by atoms with Gasteiger partial charge in [0.25, 0.3) is 4.69 Å². The van der Waals surface area contributed by atoms with Gasteiger partial charge in [-0.25, -0.2) is 4.39 Å². The molecule has 0 aliphatic heterocycles. The van der Waals surface area contributed by atoms with Crippen molar-refractivity contribution in [2.45, 2.75) is 0 Å². The van der Waals surface area contributed by atoms with Crippen LogP contribution in [0.4, 0.5) is 4.39 Å². The van der Waals surface area contributed by atoms with Crippen LogP contribution >= 0.6 is 15.9 Å². The number of aromatic nitrogens is 1. The Bertz CT molecular complexity index is 603. The van der Waals surface area contributed by atoms with Crippen molar-refractivity contribution in [2.75, 3.05) is 0 Å². The molecule has 0 atom stereocenters. The van der Waals surface area contributed by atoms with Crippen LogP contribution in [0.25, 0.3) is 10.9 Å². The van der Waals surface area contributed by atoms with Gasteiger partial charge >= 0.3 is 0 Å². The Hall–Kier alpha value is -1.49. The third-order valence-corrected chi connectivity index (χ3v) is 2.74. The van der Waals surface area contributed by atoms with E-state index in [4.69, 9.17) is 0 Å². The number of nitrogens with zero attached hydrogens (tertiary/aromatic N) is 1. The monoisotopic (exact) mass is 283 g/mol. The van der Waals surface area contributed by atoms with Gasteiger partial charge in [-0.1, -0.05) is 12.1 Å². The fourth-order valence-corrected chi connectivity index (χ4v) is 1.92. The van der Waals surface area contributed by atoms with Crippen molar-refractivity contribution >= 4 is 37.3 Å². The predicted octanol–water partition coefficient (Wildman–Crippen LogP) is 2.42. The van der Waals surface area contributed by atoms with Crippen LogP contribution in [0.1, 0.15) is 10.4 Å². The standard InChI is InChI=1S/C11H7BrFNO2/c1-14-5-7(10(15)11(12)16)6-3-2-4-8(13)9(6)14/h2-5H,1H3.